The van der Waals surface area contributed by atoms with Crippen LogP contribution in [0.2, 0.25) is 5.02 Å². The van der Waals surface area contributed by atoms with E-state index in [1.807, 2.05) is 0 Å². The number of aromatic nitrogens is 1. The molecular formula is C6H7ClN4O2. The first-order chi connectivity index (χ1) is 5.95. The SMILES string of the molecule is Cc1c(Cl)c(N)nc(N)c1[N+](=O)[O-]. The molecule has 1 aromatic heterocycles. The Morgan fingerprint density at radius 1 is 1.46 bits per heavy atom. The minimum atomic E-state index is -0.636. The maximum atomic E-state index is 10.5. The molecule has 0 aliphatic heterocycles. The number of nitrogens with two attached hydrogens (primary N) is 2. The third-order valence-electron chi connectivity index (χ3n) is 1.58. The second-order valence-electron chi connectivity index (χ2n) is 2.43. The molecule has 1 aromatic rings. The molecule has 7 heteroatoms. The fourth-order valence-electron chi connectivity index (χ4n) is 0.950. The first-order valence-corrected chi connectivity index (χ1v) is 3.68. The zero-order chi connectivity index (χ0) is 10.2. The Kier molecular flexibility index (Phi) is 2.24. The molecule has 0 aliphatic carbocycles. The van der Waals surface area contributed by atoms with E-state index in [-0.39, 0.29) is 27.9 Å². The maximum Gasteiger partial charge on any atom is 0.315 e. The molecule has 1 heterocycles. The molecule has 13 heavy (non-hydrogen) atoms. The van der Waals surface area contributed by atoms with Gasteiger partial charge in [0.1, 0.15) is 5.82 Å². The standard InChI is InChI=1S/C6H7ClN4O2/c1-2-3(7)5(8)10-6(9)4(2)11(12)13/h1H3,(H4,8,9,10). The molecule has 4 N–H and O–H groups in total. The molecular weight excluding hydrogens is 196 g/mol. The van der Waals surface area contributed by atoms with E-state index in [1.54, 1.807) is 0 Å². The summed E-state index contributed by atoms with van der Waals surface area (Å²) in [5.41, 5.74) is 10.6. The van der Waals surface area contributed by atoms with Crippen LogP contribution in [0.1, 0.15) is 5.56 Å². The van der Waals surface area contributed by atoms with E-state index in [4.69, 9.17) is 23.1 Å². The van der Waals surface area contributed by atoms with Crippen molar-refractivity contribution < 1.29 is 4.92 Å². The minimum Gasteiger partial charge on any atom is -0.382 e. The number of halogens is 1. The molecule has 0 bridgehead atoms. The van der Waals surface area contributed by atoms with E-state index < -0.39 is 4.92 Å². The number of rotatable bonds is 1. The predicted octanol–water partition coefficient (Wildman–Crippen LogP) is 1.12. The molecule has 0 atom stereocenters. The molecule has 0 saturated heterocycles. The number of nitrogens with zero attached hydrogens (tertiary/aromatic N) is 2. The zero-order valence-corrected chi connectivity index (χ0v) is 7.50. The number of pyridine rings is 1. The number of anilines is 2. The number of hydrogen-bond donors (Lipinski definition) is 2. The molecule has 0 aliphatic rings. The Labute approximate surface area is 78.7 Å². The lowest BCUT2D eigenvalue weighted by atomic mass is 10.2. The maximum absolute atomic E-state index is 10.5. The van der Waals surface area contributed by atoms with Crippen LogP contribution >= 0.6 is 11.6 Å². The largest absolute Gasteiger partial charge is 0.382 e. The Bertz CT molecular complexity index is 379. The van der Waals surface area contributed by atoms with Crippen molar-refractivity contribution >= 4 is 28.9 Å². The first-order valence-electron chi connectivity index (χ1n) is 3.30. The number of nitrogen functional groups attached to an aromatic ring is 2. The van der Waals surface area contributed by atoms with Gasteiger partial charge >= 0.3 is 5.69 Å². The molecule has 1 rings (SSSR count). The van der Waals surface area contributed by atoms with Gasteiger partial charge in [0.25, 0.3) is 0 Å². The van der Waals surface area contributed by atoms with Crippen molar-refractivity contribution in [1.82, 2.24) is 4.98 Å². The lowest BCUT2D eigenvalue weighted by Crippen LogP contribution is -2.04. The van der Waals surface area contributed by atoms with E-state index >= 15 is 0 Å². The minimum absolute atomic E-state index is 0.00210. The van der Waals surface area contributed by atoms with Gasteiger partial charge < -0.3 is 11.5 Å². The molecule has 0 fully saturated rings. The smallest absolute Gasteiger partial charge is 0.315 e. The summed E-state index contributed by atoms with van der Waals surface area (Å²) in [6.45, 7) is 1.47. The van der Waals surface area contributed by atoms with Gasteiger partial charge in [0.15, 0.2) is 0 Å². The summed E-state index contributed by atoms with van der Waals surface area (Å²) in [5, 5.41) is 10.6. The van der Waals surface area contributed by atoms with Crippen molar-refractivity contribution in [3.63, 3.8) is 0 Å². The van der Waals surface area contributed by atoms with Gasteiger partial charge in [0.2, 0.25) is 5.82 Å². The van der Waals surface area contributed by atoms with Gasteiger partial charge in [-0.1, -0.05) is 11.6 Å². The van der Waals surface area contributed by atoms with Crippen molar-refractivity contribution in [2.75, 3.05) is 11.5 Å². The normalized spacial score (nSPS) is 10.0. The average molecular weight is 203 g/mol. The predicted molar refractivity (Wildman–Crippen MR) is 49.5 cm³/mol. The van der Waals surface area contributed by atoms with Gasteiger partial charge in [-0.05, 0) is 6.92 Å². The summed E-state index contributed by atoms with van der Waals surface area (Å²) in [4.78, 5) is 13.4. The van der Waals surface area contributed by atoms with Crippen LogP contribution in [-0.4, -0.2) is 9.91 Å². The van der Waals surface area contributed by atoms with Crippen molar-refractivity contribution in [3.05, 3.63) is 20.7 Å². The average Bonchev–Trinajstić information content (AvgIpc) is 1.99. The summed E-state index contributed by atoms with van der Waals surface area (Å²) >= 11 is 5.65. The van der Waals surface area contributed by atoms with E-state index in [2.05, 4.69) is 4.98 Å². The van der Waals surface area contributed by atoms with Crippen molar-refractivity contribution in [3.8, 4) is 0 Å². The summed E-state index contributed by atoms with van der Waals surface area (Å²) < 4.78 is 0. The van der Waals surface area contributed by atoms with Gasteiger partial charge in [0.05, 0.1) is 15.5 Å². The van der Waals surface area contributed by atoms with Crippen LogP contribution in [0.4, 0.5) is 17.3 Å². The van der Waals surface area contributed by atoms with Gasteiger partial charge in [-0.25, -0.2) is 4.98 Å². The molecule has 0 amide bonds. The van der Waals surface area contributed by atoms with Gasteiger partial charge in [-0.2, -0.15) is 0 Å². The van der Waals surface area contributed by atoms with Crippen LogP contribution in [0.25, 0.3) is 0 Å². The quantitative estimate of drug-likeness (QED) is 0.524. The Morgan fingerprint density at radius 2 is 2.00 bits per heavy atom. The highest BCUT2D eigenvalue weighted by Crippen LogP contribution is 2.32. The van der Waals surface area contributed by atoms with Gasteiger partial charge in [-0.15, -0.1) is 0 Å². The lowest BCUT2D eigenvalue weighted by molar-refractivity contribution is -0.384. The van der Waals surface area contributed by atoms with Crippen LogP contribution in [0.3, 0.4) is 0 Å². The summed E-state index contributed by atoms with van der Waals surface area (Å²) in [6, 6.07) is 0. The van der Waals surface area contributed by atoms with Crippen molar-refractivity contribution in [2.45, 2.75) is 6.92 Å². The fraction of sp³-hybridized carbons (Fsp3) is 0.167. The monoisotopic (exact) mass is 202 g/mol. The van der Waals surface area contributed by atoms with Crippen LogP contribution in [-0.2, 0) is 0 Å². The Hall–Kier alpha value is -1.56. The second-order valence-corrected chi connectivity index (χ2v) is 2.80. The van der Waals surface area contributed by atoms with Crippen LogP contribution in [0.5, 0.6) is 0 Å². The summed E-state index contributed by atoms with van der Waals surface area (Å²) in [5.74, 6) is -0.216. The third-order valence-corrected chi connectivity index (χ3v) is 2.05. The number of nitro groups is 1. The summed E-state index contributed by atoms with van der Waals surface area (Å²) in [7, 11) is 0. The molecule has 0 spiro atoms. The lowest BCUT2D eigenvalue weighted by Gasteiger charge is -2.04. The third kappa shape index (κ3) is 1.48. The highest BCUT2D eigenvalue weighted by molar-refractivity contribution is 6.34. The van der Waals surface area contributed by atoms with Crippen LogP contribution in [0.15, 0.2) is 0 Å². The summed E-state index contributed by atoms with van der Waals surface area (Å²) in [6.07, 6.45) is 0. The van der Waals surface area contributed by atoms with Crippen LogP contribution in [0, 0.1) is 17.0 Å². The topological polar surface area (TPSA) is 108 Å². The van der Waals surface area contributed by atoms with Crippen molar-refractivity contribution in [1.29, 1.82) is 0 Å². The van der Waals surface area contributed by atoms with E-state index in [9.17, 15) is 10.1 Å². The molecule has 6 nitrogen and oxygen atoms in total. The number of hydrogen-bond acceptors (Lipinski definition) is 5. The van der Waals surface area contributed by atoms with Gasteiger partial charge in [-0.3, -0.25) is 10.1 Å². The second kappa shape index (κ2) is 3.06. The van der Waals surface area contributed by atoms with Gasteiger partial charge in [0, 0.05) is 0 Å². The Balaban J connectivity index is 3.53. The van der Waals surface area contributed by atoms with Crippen LogP contribution < -0.4 is 11.5 Å². The molecule has 0 aromatic carbocycles. The fourth-order valence-corrected chi connectivity index (χ4v) is 1.08. The van der Waals surface area contributed by atoms with E-state index in [1.165, 1.54) is 6.92 Å². The Morgan fingerprint density at radius 3 is 2.46 bits per heavy atom. The molecule has 0 radical (unpaired) electrons. The van der Waals surface area contributed by atoms with Crippen molar-refractivity contribution in [2.24, 2.45) is 0 Å². The zero-order valence-electron chi connectivity index (χ0n) is 6.74. The molecule has 0 saturated carbocycles. The molecule has 0 unspecified atom stereocenters. The first kappa shape index (κ1) is 9.53. The van der Waals surface area contributed by atoms with E-state index in [0.29, 0.717) is 0 Å². The molecule has 70 valence electrons. The highest BCUT2D eigenvalue weighted by atomic mass is 35.5. The highest BCUT2D eigenvalue weighted by Gasteiger charge is 2.21. The van der Waals surface area contributed by atoms with E-state index in [0.717, 1.165) is 0 Å².